The maximum absolute atomic E-state index is 12.0. The van der Waals surface area contributed by atoms with Crippen molar-refractivity contribution in [2.45, 2.75) is 0 Å². The second-order valence-electron chi connectivity index (χ2n) is 4.23. The van der Waals surface area contributed by atoms with E-state index in [-0.39, 0.29) is 0 Å². The first-order chi connectivity index (χ1) is 8.59. The molecule has 0 amide bonds. The zero-order chi connectivity index (χ0) is 12.9. The number of fused-ring (bicyclic) bond motifs is 3. The van der Waals surface area contributed by atoms with Crippen molar-refractivity contribution in [2.75, 3.05) is 11.5 Å². The maximum Gasteiger partial charge on any atom is 0.234 e. The van der Waals surface area contributed by atoms with E-state index in [1.807, 2.05) is 0 Å². The quantitative estimate of drug-likeness (QED) is 0.542. The summed E-state index contributed by atoms with van der Waals surface area (Å²) in [4.78, 5) is 24.0. The SMILES string of the molecule is Nc1ccc2c(c1)C(=O)C(=O)c1cccc(N)c1-2. The van der Waals surface area contributed by atoms with Crippen LogP contribution in [-0.4, -0.2) is 11.6 Å². The number of rotatable bonds is 0. The van der Waals surface area contributed by atoms with Crippen molar-refractivity contribution < 1.29 is 9.59 Å². The average molecular weight is 238 g/mol. The van der Waals surface area contributed by atoms with Crippen molar-refractivity contribution in [3.05, 3.63) is 47.5 Å². The fraction of sp³-hybridized carbons (Fsp3) is 0. The average Bonchev–Trinajstić information content (AvgIpc) is 2.36. The summed E-state index contributed by atoms with van der Waals surface area (Å²) in [6, 6.07) is 9.93. The molecule has 0 heterocycles. The van der Waals surface area contributed by atoms with Gasteiger partial charge in [0, 0.05) is 28.1 Å². The van der Waals surface area contributed by atoms with Crippen LogP contribution in [0.4, 0.5) is 11.4 Å². The van der Waals surface area contributed by atoms with Gasteiger partial charge in [-0.25, -0.2) is 0 Å². The van der Waals surface area contributed by atoms with Crippen LogP contribution in [0.1, 0.15) is 20.7 Å². The Morgan fingerprint density at radius 3 is 2.28 bits per heavy atom. The third-order valence-electron chi connectivity index (χ3n) is 3.11. The van der Waals surface area contributed by atoms with Crippen LogP contribution < -0.4 is 11.5 Å². The van der Waals surface area contributed by atoms with E-state index in [9.17, 15) is 9.59 Å². The van der Waals surface area contributed by atoms with Gasteiger partial charge in [0.05, 0.1) is 0 Å². The zero-order valence-corrected chi connectivity index (χ0v) is 9.44. The molecule has 0 spiro atoms. The lowest BCUT2D eigenvalue weighted by atomic mass is 9.83. The van der Waals surface area contributed by atoms with Gasteiger partial charge < -0.3 is 11.5 Å². The molecule has 0 radical (unpaired) electrons. The van der Waals surface area contributed by atoms with Crippen molar-refractivity contribution in [2.24, 2.45) is 0 Å². The van der Waals surface area contributed by atoms with E-state index >= 15 is 0 Å². The van der Waals surface area contributed by atoms with E-state index in [4.69, 9.17) is 11.5 Å². The predicted octanol–water partition coefficient (Wildman–Crippen LogP) is 1.90. The number of nitrogen functional groups attached to an aromatic ring is 2. The zero-order valence-electron chi connectivity index (χ0n) is 9.44. The van der Waals surface area contributed by atoms with Crippen molar-refractivity contribution >= 4 is 22.9 Å². The summed E-state index contributed by atoms with van der Waals surface area (Å²) >= 11 is 0. The molecule has 0 bridgehead atoms. The van der Waals surface area contributed by atoms with E-state index in [0.717, 1.165) is 0 Å². The highest BCUT2D eigenvalue weighted by atomic mass is 16.2. The van der Waals surface area contributed by atoms with E-state index < -0.39 is 11.6 Å². The van der Waals surface area contributed by atoms with Gasteiger partial charge in [0.15, 0.2) is 0 Å². The first-order valence-electron chi connectivity index (χ1n) is 5.47. The monoisotopic (exact) mass is 238 g/mol. The Labute approximate surface area is 103 Å². The predicted molar refractivity (Wildman–Crippen MR) is 69.4 cm³/mol. The van der Waals surface area contributed by atoms with Crippen molar-refractivity contribution in [1.29, 1.82) is 0 Å². The second-order valence-corrected chi connectivity index (χ2v) is 4.23. The molecule has 0 aliphatic heterocycles. The van der Waals surface area contributed by atoms with Crippen LogP contribution in [0.25, 0.3) is 11.1 Å². The minimum absolute atomic E-state index is 0.324. The smallest absolute Gasteiger partial charge is 0.234 e. The number of benzene rings is 2. The normalized spacial score (nSPS) is 13.1. The molecule has 0 fully saturated rings. The molecular formula is C14H10N2O2. The largest absolute Gasteiger partial charge is 0.399 e. The number of hydrogen-bond acceptors (Lipinski definition) is 4. The first-order valence-corrected chi connectivity index (χ1v) is 5.47. The standard InChI is InChI=1S/C14H10N2O2/c15-7-4-5-8-10(6-7)14(18)13(17)9-2-1-3-11(16)12(8)9/h1-6H,15-16H2. The number of carbonyl (C=O) groups is 2. The summed E-state index contributed by atoms with van der Waals surface area (Å²) in [6.07, 6.45) is 0. The Hall–Kier alpha value is -2.62. The number of hydrogen-bond donors (Lipinski definition) is 2. The molecule has 1 aliphatic carbocycles. The fourth-order valence-electron chi connectivity index (χ4n) is 2.27. The van der Waals surface area contributed by atoms with Gasteiger partial charge in [-0.3, -0.25) is 9.59 Å². The molecule has 0 unspecified atom stereocenters. The molecule has 88 valence electrons. The van der Waals surface area contributed by atoms with Crippen LogP contribution in [0.3, 0.4) is 0 Å². The minimum Gasteiger partial charge on any atom is -0.399 e. The molecule has 2 aromatic rings. The molecule has 4 N–H and O–H groups in total. The van der Waals surface area contributed by atoms with E-state index in [0.29, 0.717) is 33.6 Å². The lowest BCUT2D eigenvalue weighted by Crippen LogP contribution is -2.22. The highest BCUT2D eigenvalue weighted by molar-refractivity contribution is 6.53. The topological polar surface area (TPSA) is 86.2 Å². The van der Waals surface area contributed by atoms with Gasteiger partial charge in [0.1, 0.15) is 0 Å². The second kappa shape index (κ2) is 3.43. The molecule has 18 heavy (non-hydrogen) atoms. The molecular weight excluding hydrogens is 228 g/mol. The van der Waals surface area contributed by atoms with Crippen molar-refractivity contribution in [3.63, 3.8) is 0 Å². The van der Waals surface area contributed by atoms with Gasteiger partial charge in [-0.2, -0.15) is 0 Å². The van der Waals surface area contributed by atoms with Gasteiger partial charge in [-0.05, 0) is 23.8 Å². The highest BCUT2D eigenvalue weighted by Gasteiger charge is 2.31. The summed E-state index contributed by atoms with van der Waals surface area (Å²) in [5, 5.41) is 0. The van der Waals surface area contributed by atoms with Crippen LogP contribution in [0.2, 0.25) is 0 Å². The molecule has 0 aromatic heterocycles. The lowest BCUT2D eigenvalue weighted by molar-refractivity contribution is 0.0815. The molecule has 2 aromatic carbocycles. The summed E-state index contributed by atoms with van der Waals surface area (Å²) in [5.74, 6) is -1.06. The van der Waals surface area contributed by atoms with Crippen LogP contribution in [0.5, 0.6) is 0 Å². The summed E-state index contributed by atoms with van der Waals surface area (Å²) in [5.41, 5.74) is 14.5. The van der Waals surface area contributed by atoms with Crippen LogP contribution in [0.15, 0.2) is 36.4 Å². The van der Waals surface area contributed by atoms with Gasteiger partial charge in [0.25, 0.3) is 0 Å². The van der Waals surface area contributed by atoms with E-state index in [2.05, 4.69) is 0 Å². The van der Waals surface area contributed by atoms with Crippen LogP contribution in [-0.2, 0) is 0 Å². The van der Waals surface area contributed by atoms with Crippen LogP contribution in [0, 0.1) is 0 Å². The number of ketones is 2. The third-order valence-corrected chi connectivity index (χ3v) is 3.11. The van der Waals surface area contributed by atoms with Crippen molar-refractivity contribution in [1.82, 2.24) is 0 Å². The summed E-state index contributed by atoms with van der Waals surface area (Å²) < 4.78 is 0. The number of Topliss-reactive ketones (excluding diaryl/α,β-unsaturated/α-hetero) is 2. The lowest BCUT2D eigenvalue weighted by Gasteiger charge is -2.19. The molecule has 3 rings (SSSR count). The first kappa shape index (κ1) is 10.5. The van der Waals surface area contributed by atoms with Gasteiger partial charge >= 0.3 is 0 Å². The molecule has 4 nitrogen and oxygen atoms in total. The summed E-state index contributed by atoms with van der Waals surface area (Å²) in [6.45, 7) is 0. The number of nitrogens with two attached hydrogens (primary N) is 2. The Kier molecular flexibility index (Phi) is 2.01. The Bertz CT molecular complexity index is 699. The highest BCUT2D eigenvalue weighted by Crippen LogP contribution is 2.37. The third kappa shape index (κ3) is 1.26. The van der Waals surface area contributed by atoms with Crippen LogP contribution >= 0.6 is 0 Å². The van der Waals surface area contributed by atoms with Gasteiger partial charge in [0.2, 0.25) is 11.6 Å². The van der Waals surface area contributed by atoms with Gasteiger partial charge in [-0.15, -0.1) is 0 Å². The molecule has 0 atom stereocenters. The molecule has 0 saturated heterocycles. The maximum atomic E-state index is 12.0. The minimum atomic E-state index is -0.532. The molecule has 4 heteroatoms. The Morgan fingerprint density at radius 1 is 0.778 bits per heavy atom. The Balaban J connectivity index is 2.44. The molecule has 0 saturated carbocycles. The van der Waals surface area contributed by atoms with Gasteiger partial charge in [-0.1, -0.05) is 18.2 Å². The summed E-state index contributed by atoms with van der Waals surface area (Å²) in [7, 11) is 0. The van der Waals surface area contributed by atoms with Crippen molar-refractivity contribution in [3.8, 4) is 11.1 Å². The van der Waals surface area contributed by atoms with E-state index in [1.54, 1.807) is 30.3 Å². The number of carbonyl (C=O) groups excluding carboxylic acids is 2. The fourth-order valence-corrected chi connectivity index (χ4v) is 2.27. The Morgan fingerprint density at radius 2 is 1.50 bits per heavy atom. The van der Waals surface area contributed by atoms with E-state index in [1.165, 1.54) is 6.07 Å². The molecule has 1 aliphatic rings. The number of anilines is 2.